The second-order valence-corrected chi connectivity index (χ2v) is 8.77. The smallest absolute Gasteiger partial charge is 0.270 e. The molecule has 21 heavy (non-hydrogen) atoms. The van der Waals surface area contributed by atoms with Gasteiger partial charge in [0.05, 0.1) is 4.92 Å². The highest BCUT2D eigenvalue weighted by molar-refractivity contribution is 6.68. The number of nitro groups is 1. The number of ether oxygens (including phenoxy) is 2. The van der Waals surface area contributed by atoms with E-state index in [1.807, 2.05) is 0 Å². The van der Waals surface area contributed by atoms with Crippen LogP contribution >= 0.6 is 69.6 Å². The summed E-state index contributed by atoms with van der Waals surface area (Å²) in [5, 5.41) is 10.8. The molecule has 2 rings (SSSR count). The Balaban J connectivity index is 2.51. The third-order valence-electron chi connectivity index (χ3n) is 2.54. The Morgan fingerprint density at radius 2 is 1.71 bits per heavy atom. The number of non-ortho nitro benzene ring substituents is 1. The molecule has 0 aliphatic carbocycles. The first-order valence-corrected chi connectivity index (χ1v) is 7.51. The fourth-order valence-corrected chi connectivity index (χ4v) is 2.49. The van der Waals surface area contributed by atoms with Crippen molar-refractivity contribution < 1.29 is 14.4 Å². The van der Waals surface area contributed by atoms with Crippen molar-refractivity contribution in [3.8, 4) is 5.75 Å². The summed E-state index contributed by atoms with van der Waals surface area (Å²) in [5.41, 5.74) is -0.0396. The van der Waals surface area contributed by atoms with E-state index in [-0.39, 0.29) is 17.0 Å². The Hall–Kier alpha value is 0.120. The quantitative estimate of drug-likeness (QED) is 0.363. The van der Waals surface area contributed by atoms with Crippen molar-refractivity contribution in [2.75, 3.05) is 0 Å². The molecule has 0 unspecified atom stereocenters. The lowest BCUT2D eigenvalue weighted by molar-refractivity contribution is -0.385. The molecule has 1 aromatic rings. The lowest BCUT2D eigenvalue weighted by Crippen LogP contribution is -2.42. The molecular weight excluding hydrogens is 411 g/mol. The predicted octanol–water partition coefficient (Wildman–Crippen LogP) is 5.11. The van der Waals surface area contributed by atoms with E-state index in [4.69, 9.17) is 79.1 Å². The van der Waals surface area contributed by atoms with Crippen molar-refractivity contribution in [2.45, 2.75) is 20.0 Å². The van der Waals surface area contributed by atoms with Gasteiger partial charge < -0.3 is 9.47 Å². The summed E-state index contributed by atoms with van der Waals surface area (Å²) in [5.74, 6) is 0.166. The van der Waals surface area contributed by atoms with Gasteiger partial charge in [-0.05, 0) is 6.07 Å². The van der Waals surface area contributed by atoms with Gasteiger partial charge in [0.1, 0.15) is 11.9 Å². The van der Waals surface area contributed by atoms with Gasteiger partial charge in [-0.2, -0.15) is 0 Å². The van der Waals surface area contributed by atoms with Crippen LogP contribution in [0.2, 0.25) is 0 Å². The minimum atomic E-state index is -1.94. The highest BCUT2D eigenvalue weighted by Crippen LogP contribution is 2.51. The van der Waals surface area contributed by atoms with Crippen LogP contribution in [0.3, 0.4) is 0 Å². The normalized spacial score (nSPS) is 22.4. The van der Waals surface area contributed by atoms with Crippen LogP contribution < -0.4 is 4.74 Å². The zero-order chi connectivity index (χ0) is 16.0. The van der Waals surface area contributed by atoms with Crippen LogP contribution in [0, 0.1) is 10.1 Å². The lowest BCUT2D eigenvalue weighted by Gasteiger charge is -2.37. The maximum absolute atomic E-state index is 10.8. The van der Waals surface area contributed by atoms with Crippen LogP contribution in [0.15, 0.2) is 18.2 Å². The summed E-state index contributed by atoms with van der Waals surface area (Å²) >= 11 is 34.7. The largest absolute Gasteiger partial charge is 0.460 e. The Morgan fingerprint density at radius 1 is 1.10 bits per heavy atom. The maximum atomic E-state index is 10.8. The van der Waals surface area contributed by atoms with Crippen LogP contribution in [0.5, 0.6) is 5.75 Å². The molecule has 0 fully saturated rings. The molecule has 1 aliphatic rings. The van der Waals surface area contributed by atoms with E-state index < -0.39 is 24.9 Å². The molecule has 0 saturated heterocycles. The van der Waals surface area contributed by atoms with Crippen molar-refractivity contribution in [1.82, 2.24) is 0 Å². The Bertz CT molecular complexity index is 570. The first-order chi connectivity index (χ1) is 9.50. The third-order valence-corrected chi connectivity index (χ3v) is 3.67. The number of nitrogens with zero attached hydrogens (tertiary/aromatic N) is 1. The number of fused-ring (bicyclic) bond motifs is 1. The van der Waals surface area contributed by atoms with Gasteiger partial charge in [0.15, 0.2) is 0 Å². The van der Waals surface area contributed by atoms with E-state index in [0.717, 1.165) is 0 Å². The van der Waals surface area contributed by atoms with Crippen LogP contribution in [0.4, 0.5) is 5.69 Å². The van der Waals surface area contributed by atoms with Gasteiger partial charge >= 0.3 is 0 Å². The van der Waals surface area contributed by atoms with Gasteiger partial charge in [-0.3, -0.25) is 10.1 Å². The minimum absolute atomic E-state index is 0.166. The van der Waals surface area contributed by atoms with Gasteiger partial charge in [0.25, 0.3) is 9.48 Å². The molecule has 11 heteroatoms. The highest BCUT2D eigenvalue weighted by atomic mass is 35.6. The molecule has 0 aromatic heterocycles. The summed E-state index contributed by atoms with van der Waals surface area (Å²) in [6.45, 7) is 0. The van der Waals surface area contributed by atoms with Gasteiger partial charge in [-0.15, -0.1) is 0 Å². The van der Waals surface area contributed by atoms with Crippen molar-refractivity contribution in [3.05, 3.63) is 33.9 Å². The molecule has 1 aromatic carbocycles. The minimum Gasteiger partial charge on any atom is -0.460 e. The van der Waals surface area contributed by atoms with Gasteiger partial charge in [-0.1, -0.05) is 69.6 Å². The molecule has 0 radical (unpaired) electrons. The molecule has 0 N–H and O–H groups in total. The number of rotatable bonds is 1. The fourth-order valence-electron chi connectivity index (χ4n) is 1.70. The molecule has 0 bridgehead atoms. The number of alkyl halides is 6. The number of nitro benzene ring substituents is 1. The Kier molecular flexibility index (Phi) is 4.96. The van der Waals surface area contributed by atoms with Crippen molar-refractivity contribution in [3.63, 3.8) is 0 Å². The van der Waals surface area contributed by atoms with Gasteiger partial charge in [-0.25, -0.2) is 0 Å². The summed E-state index contributed by atoms with van der Waals surface area (Å²) in [7, 11) is 0. The Morgan fingerprint density at radius 3 is 2.19 bits per heavy atom. The number of hydrogen-bond acceptors (Lipinski definition) is 4. The van der Waals surface area contributed by atoms with E-state index in [9.17, 15) is 10.1 Å². The van der Waals surface area contributed by atoms with Crippen LogP contribution in [-0.4, -0.2) is 18.8 Å². The maximum Gasteiger partial charge on any atom is 0.270 e. The lowest BCUT2D eigenvalue weighted by atomic mass is 10.1. The van der Waals surface area contributed by atoms with Crippen LogP contribution in [-0.2, 0) is 4.74 Å². The molecule has 116 valence electrons. The van der Waals surface area contributed by atoms with E-state index in [0.29, 0.717) is 0 Å². The highest BCUT2D eigenvalue weighted by Gasteiger charge is 2.48. The molecule has 1 heterocycles. The summed E-state index contributed by atoms with van der Waals surface area (Å²) in [6.07, 6.45) is -2.54. The molecule has 0 amide bonds. The average Bonchev–Trinajstić information content (AvgIpc) is 2.34. The van der Waals surface area contributed by atoms with E-state index >= 15 is 0 Å². The monoisotopic (exact) mass is 413 g/mol. The van der Waals surface area contributed by atoms with Gasteiger partial charge in [0.2, 0.25) is 10.1 Å². The fraction of sp³-hybridized carbons (Fsp3) is 0.400. The van der Waals surface area contributed by atoms with E-state index in [1.165, 1.54) is 18.2 Å². The molecular formula is C10H5Cl6NO4. The Labute approximate surface area is 149 Å². The van der Waals surface area contributed by atoms with Crippen LogP contribution in [0.1, 0.15) is 11.7 Å². The third kappa shape index (κ3) is 3.91. The second-order valence-electron chi connectivity index (χ2n) is 4.03. The van der Waals surface area contributed by atoms with Crippen LogP contribution in [0.25, 0.3) is 0 Å². The van der Waals surface area contributed by atoms with Crippen molar-refractivity contribution in [1.29, 1.82) is 0 Å². The van der Waals surface area contributed by atoms with E-state index in [2.05, 4.69) is 0 Å². The zero-order valence-corrected chi connectivity index (χ0v) is 14.3. The van der Waals surface area contributed by atoms with E-state index in [1.54, 1.807) is 0 Å². The first kappa shape index (κ1) is 17.5. The first-order valence-electron chi connectivity index (χ1n) is 5.24. The van der Waals surface area contributed by atoms with Gasteiger partial charge in [0, 0.05) is 17.7 Å². The molecule has 2 atom stereocenters. The molecule has 0 spiro atoms. The average molecular weight is 416 g/mol. The summed E-state index contributed by atoms with van der Waals surface area (Å²) in [6, 6.07) is 3.72. The van der Waals surface area contributed by atoms with Crippen molar-refractivity contribution in [2.24, 2.45) is 0 Å². The second kappa shape index (κ2) is 5.96. The topological polar surface area (TPSA) is 61.6 Å². The zero-order valence-electron chi connectivity index (χ0n) is 9.73. The van der Waals surface area contributed by atoms with Crippen molar-refractivity contribution >= 4 is 75.3 Å². The molecule has 5 nitrogen and oxygen atoms in total. The number of halogens is 6. The number of hydrogen-bond donors (Lipinski definition) is 0. The number of benzene rings is 1. The SMILES string of the molecule is O=[N+]([O-])c1ccc2c(c1)[C@@H](C(Cl)(Cl)Cl)O[C@H](C(Cl)(Cl)Cl)O2. The molecule has 0 saturated carbocycles. The molecule has 1 aliphatic heterocycles. The predicted molar refractivity (Wildman–Crippen MR) is 81.9 cm³/mol. The summed E-state index contributed by atoms with van der Waals surface area (Å²) < 4.78 is 6.80. The standard InChI is InChI=1S/C10H5Cl6NO4/c11-9(12,13)7-5-3-4(17(18)19)1-2-6(5)20-8(21-7)10(14,15)16/h1-3,7-8H/t7-,8+/m0/s1. The summed E-state index contributed by atoms with van der Waals surface area (Å²) in [4.78, 5) is 10.2.